The van der Waals surface area contributed by atoms with Gasteiger partial charge in [-0.05, 0) is 34.5 Å². The third-order valence-electron chi connectivity index (χ3n) is 2.57. The first kappa shape index (κ1) is 13.6. The van der Waals surface area contributed by atoms with Crippen LogP contribution in [0, 0.1) is 0 Å². The molecule has 0 radical (unpaired) electrons. The Balaban J connectivity index is 2.20. The van der Waals surface area contributed by atoms with Crippen LogP contribution in [0.15, 0.2) is 44.5 Å². The monoisotopic (exact) mass is 324 g/mol. The van der Waals surface area contributed by atoms with Crippen LogP contribution in [0.1, 0.15) is 23.7 Å². The number of hydrogen-bond acceptors (Lipinski definition) is 3. The van der Waals surface area contributed by atoms with E-state index in [2.05, 4.69) is 21.2 Å². The van der Waals surface area contributed by atoms with Crippen LogP contribution in [0.2, 0.25) is 0 Å². The molecule has 0 aromatic carbocycles. The second kappa shape index (κ2) is 5.88. The van der Waals surface area contributed by atoms with E-state index < -0.39 is 0 Å². The van der Waals surface area contributed by atoms with Crippen LogP contribution in [0.5, 0.6) is 0 Å². The van der Waals surface area contributed by atoms with Gasteiger partial charge in [-0.1, -0.05) is 6.92 Å². The molecule has 0 aliphatic carbocycles. The van der Waals surface area contributed by atoms with Gasteiger partial charge in [0, 0.05) is 18.8 Å². The molecule has 5 nitrogen and oxygen atoms in total. The van der Waals surface area contributed by atoms with Gasteiger partial charge in [-0.25, -0.2) is 0 Å². The number of rotatable bonds is 4. The Morgan fingerprint density at radius 2 is 2.21 bits per heavy atom. The van der Waals surface area contributed by atoms with Crippen molar-refractivity contribution in [2.45, 2.75) is 19.9 Å². The number of aromatic nitrogens is 1. The maximum absolute atomic E-state index is 12.0. The maximum Gasteiger partial charge on any atom is 0.260 e. The highest BCUT2D eigenvalue weighted by Gasteiger charge is 2.13. The average Bonchev–Trinajstić information content (AvgIpc) is 2.80. The molecule has 2 heterocycles. The van der Waals surface area contributed by atoms with E-state index >= 15 is 0 Å². The molecule has 19 heavy (non-hydrogen) atoms. The molecule has 0 aliphatic heterocycles. The van der Waals surface area contributed by atoms with E-state index in [1.807, 2.05) is 6.92 Å². The van der Waals surface area contributed by atoms with E-state index in [9.17, 15) is 9.59 Å². The van der Waals surface area contributed by atoms with Gasteiger partial charge in [0.1, 0.15) is 0 Å². The van der Waals surface area contributed by atoms with Crippen LogP contribution in [-0.4, -0.2) is 10.5 Å². The lowest BCUT2D eigenvalue weighted by atomic mass is 10.3. The third kappa shape index (κ3) is 3.14. The molecule has 2 aromatic heterocycles. The number of amides is 1. The third-order valence-corrected chi connectivity index (χ3v) is 3.18. The van der Waals surface area contributed by atoms with Crippen molar-refractivity contribution in [1.29, 1.82) is 0 Å². The summed E-state index contributed by atoms with van der Waals surface area (Å²) in [6.07, 6.45) is 3.92. The van der Waals surface area contributed by atoms with Crippen molar-refractivity contribution in [3.8, 4) is 0 Å². The van der Waals surface area contributed by atoms with E-state index in [-0.39, 0.29) is 11.5 Å². The van der Waals surface area contributed by atoms with Crippen molar-refractivity contribution in [2.75, 3.05) is 5.32 Å². The fourth-order valence-corrected chi connectivity index (χ4v) is 2.10. The lowest BCUT2D eigenvalue weighted by molar-refractivity contribution is 0.102. The van der Waals surface area contributed by atoms with Crippen LogP contribution < -0.4 is 10.9 Å². The Bertz CT molecular complexity index is 645. The number of carbonyl (C=O) groups excluding carboxylic acids is 1. The molecule has 0 saturated carbocycles. The van der Waals surface area contributed by atoms with Gasteiger partial charge in [0.15, 0.2) is 4.67 Å². The Hall–Kier alpha value is -1.82. The lowest BCUT2D eigenvalue weighted by Crippen LogP contribution is -2.20. The first-order chi connectivity index (χ1) is 9.11. The number of carbonyl (C=O) groups is 1. The summed E-state index contributed by atoms with van der Waals surface area (Å²) in [6, 6.07) is 4.59. The number of hydrogen-bond donors (Lipinski definition) is 1. The van der Waals surface area contributed by atoms with E-state index in [1.165, 1.54) is 12.3 Å². The summed E-state index contributed by atoms with van der Waals surface area (Å²) in [7, 11) is 0. The van der Waals surface area contributed by atoms with E-state index in [0.717, 1.165) is 6.42 Å². The summed E-state index contributed by atoms with van der Waals surface area (Å²) >= 11 is 3.15. The minimum atomic E-state index is -0.290. The van der Waals surface area contributed by atoms with Gasteiger partial charge >= 0.3 is 0 Å². The fourth-order valence-electron chi connectivity index (χ4n) is 1.68. The van der Waals surface area contributed by atoms with E-state index in [0.29, 0.717) is 22.5 Å². The molecule has 2 aromatic rings. The zero-order valence-electron chi connectivity index (χ0n) is 10.4. The standard InChI is InChI=1S/C13H13BrN2O3/c1-2-6-16-8-9(3-4-11(16)17)15-13(18)10-5-7-19-12(10)14/h3-5,7-8H,2,6H2,1H3,(H,15,18). The lowest BCUT2D eigenvalue weighted by Gasteiger charge is -2.08. The first-order valence-corrected chi connectivity index (χ1v) is 6.66. The summed E-state index contributed by atoms with van der Waals surface area (Å²) in [5.74, 6) is -0.290. The minimum Gasteiger partial charge on any atom is -0.457 e. The summed E-state index contributed by atoms with van der Waals surface area (Å²) < 4.78 is 6.96. The molecule has 6 heteroatoms. The Morgan fingerprint density at radius 1 is 1.42 bits per heavy atom. The normalized spacial score (nSPS) is 10.4. The highest BCUT2D eigenvalue weighted by molar-refractivity contribution is 9.10. The second-order valence-corrected chi connectivity index (χ2v) is 4.73. The SMILES string of the molecule is CCCn1cc(NC(=O)c2ccoc2Br)ccc1=O. The Morgan fingerprint density at radius 3 is 2.84 bits per heavy atom. The molecule has 0 aliphatic rings. The van der Waals surface area contributed by atoms with Crippen molar-refractivity contribution in [3.63, 3.8) is 0 Å². The molecule has 1 N–H and O–H groups in total. The van der Waals surface area contributed by atoms with Crippen molar-refractivity contribution in [3.05, 3.63) is 51.2 Å². The highest BCUT2D eigenvalue weighted by atomic mass is 79.9. The largest absolute Gasteiger partial charge is 0.457 e. The van der Waals surface area contributed by atoms with Gasteiger partial charge in [0.2, 0.25) is 0 Å². The molecule has 2 rings (SSSR count). The van der Waals surface area contributed by atoms with Gasteiger partial charge in [-0.3, -0.25) is 9.59 Å². The number of furan rings is 1. The smallest absolute Gasteiger partial charge is 0.260 e. The summed E-state index contributed by atoms with van der Waals surface area (Å²) in [6.45, 7) is 2.61. The van der Waals surface area contributed by atoms with E-state index in [1.54, 1.807) is 22.9 Å². The number of aryl methyl sites for hydroxylation is 1. The Labute approximate surface area is 118 Å². The van der Waals surface area contributed by atoms with E-state index in [4.69, 9.17) is 4.42 Å². The van der Waals surface area contributed by atoms with Crippen molar-refractivity contribution < 1.29 is 9.21 Å². The number of halogens is 1. The number of anilines is 1. The van der Waals surface area contributed by atoms with Crippen LogP contribution in [-0.2, 0) is 6.54 Å². The zero-order chi connectivity index (χ0) is 13.8. The fraction of sp³-hybridized carbons (Fsp3) is 0.231. The van der Waals surface area contributed by atoms with Crippen LogP contribution in [0.25, 0.3) is 0 Å². The second-order valence-electron chi connectivity index (χ2n) is 4.01. The van der Waals surface area contributed by atoms with Crippen LogP contribution >= 0.6 is 15.9 Å². The number of nitrogens with one attached hydrogen (secondary N) is 1. The molecule has 0 spiro atoms. The average molecular weight is 325 g/mol. The zero-order valence-corrected chi connectivity index (χ0v) is 11.9. The number of nitrogens with zero attached hydrogens (tertiary/aromatic N) is 1. The van der Waals surface area contributed by atoms with Gasteiger partial charge in [0.05, 0.1) is 17.5 Å². The quantitative estimate of drug-likeness (QED) is 0.940. The van der Waals surface area contributed by atoms with Crippen LogP contribution in [0.3, 0.4) is 0 Å². The summed E-state index contributed by atoms with van der Waals surface area (Å²) in [5.41, 5.74) is 0.906. The molecular formula is C13H13BrN2O3. The predicted octanol–water partition coefficient (Wildman–Crippen LogP) is 2.87. The van der Waals surface area contributed by atoms with Gasteiger partial charge in [0.25, 0.3) is 11.5 Å². The number of pyridine rings is 1. The molecule has 0 fully saturated rings. The topological polar surface area (TPSA) is 64.2 Å². The maximum atomic E-state index is 12.0. The minimum absolute atomic E-state index is 0.0793. The van der Waals surface area contributed by atoms with Gasteiger partial charge < -0.3 is 14.3 Å². The summed E-state index contributed by atoms with van der Waals surface area (Å²) in [4.78, 5) is 23.5. The summed E-state index contributed by atoms with van der Waals surface area (Å²) in [5, 5.41) is 2.72. The predicted molar refractivity (Wildman–Crippen MR) is 75.4 cm³/mol. The first-order valence-electron chi connectivity index (χ1n) is 5.86. The molecule has 0 unspecified atom stereocenters. The molecule has 0 saturated heterocycles. The molecule has 0 atom stereocenters. The molecule has 1 amide bonds. The van der Waals surface area contributed by atoms with Crippen molar-refractivity contribution in [2.24, 2.45) is 0 Å². The highest BCUT2D eigenvalue weighted by Crippen LogP contribution is 2.18. The van der Waals surface area contributed by atoms with Crippen molar-refractivity contribution in [1.82, 2.24) is 4.57 Å². The molecule has 100 valence electrons. The van der Waals surface area contributed by atoms with Gasteiger partial charge in [-0.2, -0.15) is 0 Å². The molecular weight excluding hydrogens is 312 g/mol. The Kier molecular flexibility index (Phi) is 4.21. The van der Waals surface area contributed by atoms with Crippen LogP contribution in [0.4, 0.5) is 5.69 Å². The van der Waals surface area contributed by atoms with Gasteiger partial charge in [-0.15, -0.1) is 0 Å². The van der Waals surface area contributed by atoms with Crippen molar-refractivity contribution >= 4 is 27.5 Å². The molecule has 0 bridgehead atoms.